The van der Waals surface area contributed by atoms with Gasteiger partial charge in [0.25, 0.3) is 0 Å². The normalized spacial score (nSPS) is 11.6. The highest BCUT2D eigenvalue weighted by atomic mass is 16.2. The van der Waals surface area contributed by atoms with Crippen LogP contribution in [0.4, 0.5) is 0 Å². The molecular weight excluding hydrogens is 212 g/mol. The summed E-state index contributed by atoms with van der Waals surface area (Å²) in [6.45, 7) is 4.31. The number of aryl methyl sites for hydroxylation is 1. The van der Waals surface area contributed by atoms with Crippen LogP contribution in [0.15, 0.2) is 24.3 Å². The molecule has 1 aromatic rings. The first kappa shape index (κ1) is 13.2. The molecule has 3 nitrogen and oxygen atoms in total. The summed E-state index contributed by atoms with van der Waals surface area (Å²) in [5, 5.41) is 8.70. The molecule has 0 radical (unpaired) electrons. The van der Waals surface area contributed by atoms with Crippen molar-refractivity contribution in [3.8, 4) is 6.07 Å². The van der Waals surface area contributed by atoms with Gasteiger partial charge in [-0.2, -0.15) is 5.26 Å². The molecule has 1 atom stereocenters. The molecule has 1 unspecified atom stereocenters. The zero-order valence-corrected chi connectivity index (χ0v) is 10.6. The first-order chi connectivity index (χ1) is 8.02. The lowest BCUT2D eigenvalue weighted by Crippen LogP contribution is -2.31. The van der Waals surface area contributed by atoms with Gasteiger partial charge in [0, 0.05) is 13.6 Å². The number of hydrogen-bond donors (Lipinski definition) is 0. The highest BCUT2D eigenvalue weighted by molar-refractivity contribution is 5.78. The van der Waals surface area contributed by atoms with E-state index in [2.05, 4.69) is 6.07 Å². The van der Waals surface area contributed by atoms with Crippen molar-refractivity contribution in [3.63, 3.8) is 0 Å². The summed E-state index contributed by atoms with van der Waals surface area (Å²) in [4.78, 5) is 13.5. The second kappa shape index (κ2) is 6.05. The van der Waals surface area contributed by atoms with E-state index in [9.17, 15) is 4.79 Å². The summed E-state index contributed by atoms with van der Waals surface area (Å²) in [5.41, 5.74) is 2.18. The monoisotopic (exact) mass is 230 g/mol. The molecule has 0 aliphatic rings. The third-order valence-electron chi connectivity index (χ3n) is 2.63. The van der Waals surface area contributed by atoms with Crippen molar-refractivity contribution in [1.29, 1.82) is 5.26 Å². The van der Waals surface area contributed by atoms with Gasteiger partial charge < -0.3 is 4.90 Å². The van der Waals surface area contributed by atoms with Crippen LogP contribution in [-0.2, 0) is 11.2 Å². The van der Waals surface area contributed by atoms with Crippen molar-refractivity contribution in [2.75, 3.05) is 13.6 Å². The number of benzene rings is 1. The van der Waals surface area contributed by atoms with E-state index in [0.717, 1.165) is 11.1 Å². The minimum absolute atomic E-state index is 0.0534. The van der Waals surface area contributed by atoms with Gasteiger partial charge in [0.05, 0.1) is 18.4 Å². The first-order valence-corrected chi connectivity index (χ1v) is 5.72. The van der Waals surface area contributed by atoms with Crippen molar-refractivity contribution in [2.45, 2.75) is 20.3 Å². The number of rotatable bonds is 4. The van der Waals surface area contributed by atoms with Crippen molar-refractivity contribution >= 4 is 5.91 Å². The highest BCUT2D eigenvalue weighted by Gasteiger charge is 2.12. The van der Waals surface area contributed by atoms with E-state index in [1.807, 2.05) is 38.1 Å². The smallest absolute Gasteiger partial charge is 0.226 e. The molecule has 0 bridgehead atoms. The number of carbonyl (C=O) groups is 1. The summed E-state index contributed by atoms with van der Waals surface area (Å²) in [6, 6.07) is 10.1. The molecule has 1 aromatic carbocycles. The zero-order chi connectivity index (χ0) is 12.8. The summed E-state index contributed by atoms with van der Waals surface area (Å²) in [6.07, 6.45) is 0.399. The number of hydrogen-bond acceptors (Lipinski definition) is 2. The minimum atomic E-state index is -0.124. The molecule has 0 saturated carbocycles. The Bertz CT molecular complexity index is 434. The largest absolute Gasteiger partial charge is 0.344 e. The quantitative estimate of drug-likeness (QED) is 0.795. The van der Waals surface area contributed by atoms with Crippen LogP contribution in [0, 0.1) is 24.2 Å². The Morgan fingerprint density at radius 2 is 2.24 bits per heavy atom. The molecule has 3 heteroatoms. The van der Waals surface area contributed by atoms with Gasteiger partial charge in [-0.25, -0.2) is 0 Å². The SMILES string of the molecule is Cc1cccc(CC(=O)N(C)CC(C)C#N)c1. The summed E-state index contributed by atoms with van der Waals surface area (Å²) in [7, 11) is 1.74. The predicted molar refractivity (Wildman–Crippen MR) is 67.3 cm³/mol. The fourth-order valence-electron chi connectivity index (χ4n) is 1.69. The molecule has 1 rings (SSSR count). The van der Waals surface area contributed by atoms with Crippen LogP contribution in [0.1, 0.15) is 18.1 Å². The molecule has 0 saturated heterocycles. The van der Waals surface area contributed by atoms with E-state index in [1.165, 1.54) is 0 Å². The third-order valence-corrected chi connectivity index (χ3v) is 2.63. The van der Waals surface area contributed by atoms with Gasteiger partial charge in [0.2, 0.25) is 5.91 Å². The van der Waals surface area contributed by atoms with E-state index in [-0.39, 0.29) is 11.8 Å². The molecule has 0 heterocycles. The maximum absolute atomic E-state index is 11.9. The fraction of sp³-hybridized carbons (Fsp3) is 0.429. The molecular formula is C14H18N2O. The Kier molecular flexibility index (Phi) is 4.71. The summed E-state index contributed by atoms with van der Waals surface area (Å²) < 4.78 is 0. The van der Waals surface area contributed by atoms with Gasteiger partial charge in [-0.15, -0.1) is 0 Å². The Hall–Kier alpha value is -1.82. The molecule has 0 aliphatic heterocycles. The second-order valence-electron chi connectivity index (χ2n) is 4.47. The number of amides is 1. The van der Waals surface area contributed by atoms with Gasteiger partial charge in [0.1, 0.15) is 0 Å². The molecule has 0 N–H and O–H groups in total. The first-order valence-electron chi connectivity index (χ1n) is 5.72. The van der Waals surface area contributed by atoms with E-state index in [0.29, 0.717) is 13.0 Å². The maximum atomic E-state index is 11.9. The van der Waals surface area contributed by atoms with Gasteiger partial charge in [-0.3, -0.25) is 4.79 Å². The Morgan fingerprint density at radius 3 is 2.82 bits per heavy atom. The average molecular weight is 230 g/mol. The molecule has 0 spiro atoms. The van der Waals surface area contributed by atoms with Crippen LogP contribution in [0.5, 0.6) is 0 Å². The lowest BCUT2D eigenvalue weighted by Gasteiger charge is -2.18. The maximum Gasteiger partial charge on any atom is 0.226 e. The highest BCUT2D eigenvalue weighted by Crippen LogP contribution is 2.07. The van der Waals surface area contributed by atoms with Crippen LogP contribution in [0.25, 0.3) is 0 Å². The topological polar surface area (TPSA) is 44.1 Å². The second-order valence-corrected chi connectivity index (χ2v) is 4.47. The van der Waals surface area contributed by atoms with Gasteiger partial charge in [0.15, 0.2) is 0 Å². The van der Waals surface area contributed by atoms with Gasteiger partial charge in [-0.1, -0.05) is 29.8 Å². The lowest BCUT2D eigenvalue weighted by molar-refractivity contribution is -0.129. The van der Waals surface area contributed by atoms with Crippen LogP contribution < -0.4 is 0 Å². The van der Waals surface area contributed by atoms with Crippen LogP contribution in [-0.4, -0.2) is 24.4 Å². The Labute approximate surface area is 103 Å². The van der Waals surface area contributed by atoms with Crippen LogP contribution in [0.3, 0.4) is 0 Å². The van der Waals surface area contributed by atoms with Crippen LogP contribution >= 0.6 is 0 Å². The van der Waals surface area contributed by atoms with Gasteiger partial charge >= 0.3 is 0 Å². The van der Waals surface area contributed by atoms with E-state index in [1.54, 1.807) is 11.9 Å². The number of likely N-dealkylation sites (N-methyl/N-ethyl adjacent to an activating group) is 1. The van der Waals surface area contributed by atoms with Crippen molar-refractivity contribution in [2.24, 2.45) is 5.92 Å². The predicted octanol–water partition coefficient (Wildman–Crippen LogP) is 2.16. The number of carbonyl (C=O) groups excluding carboxylic acids is 1. The van der Waals surface area contributed by atoms with E-state index in [4.69, 9.17) is 5.26 Å². The van der Waals surface area contributed by atoms with E-state index >= 15 is 0 Å². The lowest BCUT2D eigenvalue weighted by atomic mass is 10.1. The standard InChI is InChI=1S/C14H18N2O/c1-11-5-4-6-13(7-11)8-14(17)16(3)10-12(2)9-15/h4-7,12H,8,10H2,1-3H3. The number of nitrogens with zero attached hydrogens (tertiary/aromatic N) is 2. The Balaban J connectivity index is 2.58. The number of nitriles is 1. The molecule has 0 fully saturated rings. The molecule has 0 aromatic heterocycles. The molecule has 0 aliphatic carbocycles. The summed E-state index contributed by atoms with van der Waals surface area (Å²) >= 11 is 0. The fourth-order valence-corrected chi connectivity index (χ4v) is 1.69. The van der Waals surface area contributed by atoms with Gasteiger partial charge in [-0.05, 0) is 19.4 Å². The third kappa shape index (κ3) is 4.28. The molecule has 17 heavy (non-hydrogen) atoms. The zero-order valence-electron chi connectivity index (χ0n) is 10.6. The minimum Gasteiger partial charge on any atom is -0.344 e. The summed E-state index contributed by atoms with van der Waals surface area (Å²) in [5.74, 6) is -0.0702. The molecule has 90 valence electrons. The van der Waals surface area contributed by atoms with Crippen molar-refractivity contribution in [3.05, 3.63) is 35.4 Å². The van der Waals surface area contributed by atoms with Crippen LogP contribution in [0.2, 0.25) is 0 Å². The van der Waals surface area contributed by atoms with Crippen molar-refractivity contribution in [1.82, 2.24) is 4.90 Å². The average Bonchev–Trinajstić information content (AvgIpc) is 2.28. The Morgan fingerprint density at radius 1 is 1.53 bits per heavy atom. The van der Waals surface area contributed by atoms with E-state index < -0.39 is 0 Å². The molecule has 1 amide bonds. The van der Waals surface area contributed by atoms with Crippen molar-refractivity contribution < 1.29 is 4.79 Å².